The molecule has 0 bridgehead atoms. The SMILES string of the molecule is CCC(C)c1ccn2c1CN(C(C)C)CC2. The summed E-state index contributed by atoms with van der Waals surface area (Å²) in [6, 6.07) is 2.99. The van der Waals surface area contributed by atoms with Crippen LogP contribution in [-0.2, 0) is 13.1 Å². The average Bonchev–Trinajstić information content (AvgIpc) is 2.70. The molecule has 0 fully saturated rings. The normalized spacial score (nSPS) is 18.8. The number of nitrogens with zero attached hydrogens (tertiary/aromatic N) is 2. The first kappa shape index (κ1) is 11.7. The molecule has 0 spiro atoms. The molecule has 0 aromatic carbocycles. The minimum Gasteiger partial charge on any atom is -0.349 e. The summed E-state index contributed by atoms with van der Waals surface area (Å²) in [5.74, 6) is 0.698. The summed E-state index contributed by atoms with van der Waals surface area (Å²) in [6.07, 6.45) is 3.51. The van der Waals surface area contributed by atoms with Crippen molar-refractivity contribution < 1.29 is 0 Å². The van der Waals surface area contributed by atoms with E-state index in [-0.39, 0.29) is 0 Å². The first-order valence-corrected chi connectivity index (χ1v) is 6.55. The molecule has 1 aliphatic rings. The predicted molar refractivity (Wildman–Crippen MR) is 68.7 cm³/mol. The second kappa shape index (κ2) is 4.62. The van der Waals surface area contributed by atoms with Gasteiger partial charge in [0, 0.05) is 37.6 Å². The van der Waals surface area contributed by atoms with E-state index in [0.29, 0.717) is 12.0 Å². The van der Waals surface area contributed by atoms with Crippen molar-refractivity contribution in [3.8, 4) is 0 Å². The minimum absolute atomic E-state index is 0.661. The number of hydrogen-bond donors (Lipinski definition) is 0. The molecule has 16 heavy (non-hydrogen) atoms. The minimum atomic E-state index is 0.661. The van der Waals surface area contributed by atoms with Crippen LogP contribution in [0.15, 0.2) is 12.3 Å². The van der Waals surface area contributed by atoms with Crippen LogP contribution in [0.1, 0.15) is 51.3 Å². The van der Waals surface area contributed by atoms with Crippen LogP contribution in [0.4, 0.5) is 0 Å². The molecule has 0 amide bonds. The van der Waals surface area contributed by atoms with Gasteiger partial charge in [0.25, 0.3) is 0 Å². The summed E-state index contributed by atoms with van der Waals surface area (Å²) in [4.78, 5) is 2.57. The van der Waals surface area contributed by atoms with E-state index in [4.69, 9.17) is 0 Å². The fourth-order valence-corrected chi connectivity index (χ4v) is 2.53. The van der Waals surface area contributed by atoms with Crippen LogP contribution in [0.5, 0.6) is 0 Å². The maximum Gasteiger partial charge on any atom is 0.0393 e. The molecular formula is C14H24N2. The van der Waals surface area contributed by atoms with Gasteiger partial charge in [-0.05, 0) is 37.8 Å². The third kappa shape index (κ3) is 2.03. The molecule has 1 atom stereocenters. The maximum atomic E-state index is 2.57. The van der Waals surface area contributed by atoms with Gasteiger partial charge in [0.05, 0.1) is 0 Å². The van der Waals surface area contributed by atoms with E-state index < -0.39 is 0 Å². The quantitative estimate of drug-likeness (QED) is 0.759. The molecule has 0 radical (unpaired) electrons. The Hall–Kier alpha value is -0.760. The Kier molecular flexibility index (Phi) is 3.38. The lowest BCUT2D eigenvalue weighted by atomic mass is 9.98. The van der Waals surface area contributed by atoms with Crippen molar-refractivity contribution in [3.05, 3.63) is 23.5 Å². The average molecular weight is 220 g/mol. The fourth-order valence-electron chi connectivity index (χ4n) is 2.53. The molecule has 2 rings (SSSR count). The molecule has 0 saturated carbocycles. The highest BCUT2D eigenvalue weighted by Crippen LogP contribution is 2.27. The third-order valence-electron chi connectivity index (χ3n) is 3.97. The van der Waals surface area contributed by atoms with Crippen molar-refractivity contribution in [1.82, 2.24) is 9.47 Å². The Morgan fingerprint density at radius 2 is 2.00 bits per heavy atom. The van der Waals surface area contributed by atoms with E-state index >= 15 is 0 Å². The van der Waals surface area contributed by atoms with Gasteiger partial charge in [-0.2, -0.15) is 0 Å². The van der Waals surface area contributed by atoms with Crippen molar-refractivity contribution in [1.29, 1.82) is 0 Å². The molecule has 1 aromatic rings. The summed E-state index contributed by atoms with van der Waals surface area (Å²) in [5, 5.41) is 0. The molecule has 0 N–H and O–H groups in total. The van der Waals surface area contributed by atoms with Crippen LogP contribution in [-0.4, -0.2) is 22.1 Å². The topological polar surface area (TPSA) is 8.17 Å². The first-order chi connectivity index (χ1) is 7.63. The predicted octanol–water partition coefficient (Wildman–Crippen LogP) is 3.23. The lowest BCUT2D eigenvalue weighted by Gasteiger charge is -2.32. The van der Waals surface area contributed by atoms with E-state index in [2.05, 4.69) is 49.4 Å². The van der Waals surface area contributed by atoms with Gasteiger partial charge in [0.1, 0.15) is 0 Å². The molecule has 1 unspecified atom stereocenters. The van der Waals surface area contributed by atoms with E-state index in [0.717, 1.165) is 13.1 Å². The summed E-state index contributed by atoms with van der Waals surface area (Å²) >= 11 is 0. The monoisotopic (exact) mass is 220 g/mol. The van der Waals surface area contributed by atoms with Crippen molar-refractivity contribution in [2.75, 3.05) is 6.54 Å². The van der Waals surface area contributed by atoms with Crippen LogP contribution in [0, 0.1) is 0 Å². The number of rotatable bonds is 3. The van der Waals surface area contributed by atoms with Crippen LogP contribution < -0.4 is 0 Å². The zero-order valence-corrected chi connectivity index (χ0v) is 11.0. The van der Waals surface area contributed by atoms with Crippen molar-refractivity contribution in [2.24, 2.45) is 0 Å². The first-order valence-electron chi connectivity index (χ1n) is 6.55. The highest BCUT2D eigenvalue weighted by molar-refractivity contribution is 5.27. The Morgan fingerprint density at radius 1 is 1.25 bits per heavy atom. The van der Waals surface area contributed by atoms with Gasteiger partial charge in [0.2, 0.25) is 0 Å². The zero-order chi connectivity index (χ0) is 11.7. The van der Waals surface area contributed by atoms with Gasteiger partial charge in [-0.25, -0.2) is 0 Å². The summed E-state index contributed by atoms with van der Waals surface area (Å²) in [5.41, 5.74) is 3.11. The molecular weight excluding hydrogens is 196 g/mol. The summed E-state index contributed by atoms with van der Waals surface area (Å²) in [7, 11) is 0. The summed E-state index contributed by atoms with van der Waals surface area (Å²) < 4.78 is 2.44. The largest absolute Gasteiger partial charge is 0.349 e. The molecule has 2 heterocycles. The lowest BCUT2D eigenvalue weighted by molar-refractivity contribution is 0.176. The number of hydrogen-bond acceptors (Lipinski definition) is 1. The fraction of sp³-hybridized carbons (Fsp3) is 0.714. The standard InChI is InChI=1S/C14H24N2/c1-5-12(4)13-6-7-15-8-9-16(11(2)3)10-14(13)15/h6-7,11-12H,5,8-10H2,1-4H3. The molecule has 0 saturated heterocycles. The van der Waals surface area contributed by atoms with Gasteiger partial charge < -0.3 is 4.57 Å². The molecule has 2 heteroatoms. The van der Waals surface area contributed by atoms with Crippen molar-refractivity contribution >= 4 is 0 Å². The number of aromatic nitrogens is 1. The molecule has 2 nitrogen and oxygen atoms in total. The van der Waals surface area contributed by atoms with Crippen LogP contribution >= 0.6 is 0 Å². The van der Waals surface area contributed by atoms with Gasteiger partial charge >= 0.3 is 0 Å². The van der Waals surface area contributed by atoms with Gasteiger partial charge in [-0.15, -0.1) is 0 Å². The highest BCUT2D eigenvalue weighted by atomic mass is 15.2. The van der Waals surface area contributed by atoms with Crippen LogP contribution in [0.25, 0.3) is 0 Å². The van der Waals surface area contributed by atoms with E-state index in [1.165, 1.54) is 13.0 Å². The molecule has 90 valence electrons. The summed E-state index contributed by atoms with van der Waals surface area (Å²) in [6.45, 7) is 12.7. The highest BCUT2D eigenvalue weighted by Gasteiger charge is 2.22. The zero-order valence-electron chi connectivity index (χ0n) is 11.0. The Balaban J connectivity index is 2.24. The maximum absolute atomic E-state index is 2.57. The number of fused-ring (bicyclic) bond motifs is 1. The second-order valence-electron chi connectivity index (χ2n) is 5.28. The molecule has 0 aliphatic carbocycles. The molecule has 1 aromatic heterocycles. The van der Waals surface area contributed by atoms with Crippen LogP contribution in [0.3, 0.4) is 0 Å². The van der Waals surface area contributed by atoms with E-state index in [1.54, 1.807) is 11.3 Å². The van der Waals surface area contributed by atoms with Gasteiger partial charge in [-0.1, -0.05) is 13.8 Å². The van der Waals surface area contributed by atoms with E-state index in [9.17, 15) is 0 Å². The third-order valence-corrected chi connectivity index (χ3v) is 3.97. The van der Waals surface area contributed by atoms with Gasteiger partial charge in [-0.3, -0.25) is 4.90 Å². The van der Waals surface area contributed by atoms with Crippen molar-refractivity contribution in [2.45, 2.75) is 59.2 Å². The van der Waals surface area contributed by atoms with Crippen LogP contribution in [0.2, 0.25) is 0 Å². The molecule has 1 aliphatic heterocycles. The Morgan fingerprint density at radius 3 is 2.62 bits per heavy atom. The smallest absolute Gasteiger partial charge is 0.0393 e. The van der Waals surface area contributed by atoms with Crippen molar-refractivity contribution in [3.63, 3.8) is 0 Å². The Bertz CT molecular complexity index is 352. The lowest BCUT2D eigenvalue weighted by Crippen LogP contribution is -2.38. The van der Waals surface area contributed by atoms with Gasteiger partial charge in [0.15, 0.2) is 0 Å². The second-order valence-corrected chi connectivity index (χ2v) is 5.28. The Labute approximate surface area is 99.3 Å². The van der Waals surface area contributed by atoms with E-state index in [1.807, 2.05) is 0 Å².